The van der Waals surface area contributed by atoms with Crippen LogP contribution < -0.4 is 0 Å². The van der Waals surface area contributed by atoms with Crippen molar-refractivity contribution in [3.05, 3.63) is 212 Å². The molecule has 0 saturated carbocycles. The van der Waals surface area contributed by atoms with Gasteiger partial charge in [-0.1, -0.05) is 194 Å². The molecule has 0 bridgehead atoms. The monoisotopic (exact) mass is 689 g/mol. The number of aromatic nitrogens is 3. The summed E-state index contributed by atoms with van der Waals surface area (Å²) in [6.45, 7) is 0. The van der Waals surface area contributed by atoms with E-state index in [4.69, 9.17) is 15.0 Å². The van der Waals surface area contributed by atoms with Crippen molar-refractivity contribution in [3.8, 4) is 89.8 Å². The maximum absolute atomic E-state index is 5.37. The van der Waals surface area contributed by atoms with E-state index >= 15 is 0 Å². The summed E-state index contributed by atoms with van der Waals surface area (Å²) in [7, 11) is 0. The second-order valence-corrected chi connectivity index (χ2v) is 13.2. The molecule has 9 rings (SSSR count). The van der Waals surface area contributed by atoms with Gasteiger partial charge in [-0.15, -0.1) is 0 Å². The van der Waals surface area contributed by atoms with Gasteiger partial charge in [-0.3, -0.25) is 0 Å². The van der Waals surface area contributed by atoms with Crippen LogP contribution in [0.3, 0.4) is 0 Å². The van der Waals surface area contributed by atoms with Gasteiger partial charge in [0, 0.05) is 22.3 Å². The minimum absolute atomic E-state index is 0.614. The van der Waals surface area contributed by atoms with E-state index in [2.05, 4.69) is 194 Å². The Bertz CT molecular complexity index is 2680. The minimum atomic E-state index is 0.614. The van der Waals surface area contributed by atoms with Crippen LogP contribution in [0.4, 0.5) is 0 Å². The molecule has 0 saturated heterocycles. The Hall–Kier alpha value is -7.23. The van der Waals surface area contributed by atoms with E-state index in [1.807, 2.05) is 18.2 Å². The van der Waals surface area contributed by atoms with E-state index in [9.17, 15) is 0 Å². The van der Waals surface area contributed by atoms with Crippen LogP contribution in [0.15, 0.2) is 212 Å². The molecule has 0 radical (unpaired) electrons. The van der Waals surface area contributed by atoms with Crippen molar-refractivity contribution >= 4 is 0 Å². The maximum Gasteiger partial charge on any atom is 0.164 e. The second kappa shape index (κ2) is 14.8. The van der Waals surface area contributed by atoms with Gasteiger partial charge in [-0.25, -0.2) is 15.0 Å². The van der Waals surface area contributed by atoms with Gasteiger partial charge >= 0.3 is 0 Å². The second-order valence-electron chi connectivity index (χ2n) is 13.2. The molecule has 0 amide bonds. The van der Waals surface area contributed by atoms with Gasteiger partial charge in [0.05, 0.1) is 0 Å². The smallest absolute Gasteiger partial charge is 0.164 e. The van der Waals surface area contributed by atoms with Crippen molar-refractivity contribution < 1.29 is 0 Å². The molecule has 1 aromatic heterocycles. The largest absolute Gasteiger partial charge is 0.208 e. The molecule has 9 aromatic rings. The van der Waals surface area contributed by atoms with Gasteiger partial charge in [0.2, 0.25) is 0 Å². The lowest BCUT2D eigenvalue weighted by atomic mass is 9.90. The maximum atomic E-state index is 5.37. The van der Waals surface area contributed by atoms with Crippen LogP contribution >= 0.6 is 0 Å². The van der Waals surface area contributed by atoms with Crippen LogP contribution in [-0.4, -0.2) is 15.0 Å². The number of nitrogens with zero attached hydrogens (tertiary/aromatic N) is 3. The Labute approximate surface area is 316 Å². The zero-order valence-electron chi connectivity index (χ0n) is 29.5. The predicted molar refractivity (Wildman–Crippen MR) is 223 cm³/mol. The van der Waals surface area contributed by atoms with Crippen LogP contribution in [0.5, 0.6) is 0 Å². The first-order valence-electron chi connectivity index (χ1n) is 18.2. The summed E-state index contributed by atoms with van der Waals surface area (Å²) in [5.74, 6) is 1.84. The molecular weight excluding hydrogens is 655 g/mol. The van der Waals surface area contributed by atoms with E-state index < -0.39 is 0 Å². The molecule has 0 N–H and O–H groups in total. The van der Waals surface area contributed by atoms with Crippen molar-refractivity contribution in [2.75, 3.05) is 0 Å². The predicted octanol–water partition coefficient (Wildman–Crippen LogP) is 13.2. The molecular formula is C51H35N3. The van der Waals surface area contributed by atoms with Gasteiger partial charge < -0.3 is 0 Å². The molecule has 0 atom stereocenters. The average molecular weight is 690 g/mol. The topological polar surface area (TPSA) is 38.7 Å². The highest BCUT2D eigenvalue weighted by Crippen LogP contribution is 2.41. The van der Waals surface area contributed by atoms with Crippen LogP contribution in [0, 0.1) is 0 Å². The zero-order valence-corrected chi connectivity index (χ0v) is 29.5. The van der Waals surface area contributed by atoms with Crippen molar-refractivity contribution in [1.29, 1.82) is 0 Å². The Morgan fingerprint density at radius 1 is 0.204 bits per heavy atom. The van der Waals surface area contributed by atoms with Gasteiger partial charge in [-0.05, 0) is 68.3 Å². The van der Waals surface area contributed by atoms with E-state index in [0.29, 0.717) is 17.5 Å². The molecule has 54 heavy (non-hydrogen) atoms. The average Bonchev–Trinajstić information content (AvgIpc) is 3.27. The molecule has 0 fully saturated rings. The van der Waals surface area contributed by atoms with Crippen LogP contribution in [0.1, 0.15) is 0 Å². The first-order valence-corrected chi connectivity index (χ1v) is 18.2. The van der Waals surface area contributed by atoms with E-state index in [0.717, 1.165) is 72.3 Å². The van der Waals surface area contributed by atoms with Gasteiger partial charge in [0.1, 0.15) is 0 Å². The summed E-state index contributed by atoms with van der Waals surface area (Å²) in [6.07, 6.45) is 0. The van der Waals surface area contributed by atoms with Crippen molar-refractivity contribution in [1.82, 2.24) is 15.0 Å². The quantitative estimate of drug-likeness (QED) is 0.159. The third-order valence-electron chi connectivity index (χ3n) is 9.77. The van der Waals surface area contributed by atoms with Gasteiger partial charge in [0.15, 0.2) is 17.5 Å². The number of rotatable bonds is 8. The minimum Gasteiger partial charge on any atom is -0.208 e. The van der Waals surface area contributed by atoms with Crippen LogP contribution in [0.2, 0.25) is 0 Å². The third kappa shape index (κ3) is 6.63. The molecule has 0 aliphatic rings. The highest BCUT2D eigenvalue weighted by atomic mass is 15.0. The molecule has 0 unspecified atom stereocenters. The molecule has 3 heteroatoms. The number of hydrogen-bond acceptors (Lipinski definition) is 3. The SMILES string of the molecule is c1ccc(-c2cccc(-c3nc(-c4ccc(-c5ccccc5)cc4-c4ccccc4)nc(-c4cccc(-c5ccccc5)c4-c4ccccc4)n3)c2)cc1. The van der Waals surface area contributed by atoms with Crippen molar-refractivity contribution in [2.45, 2.75) is 0 Å². The molecule has 254 valence electrons. The molecule has 0 aliphatic carbocycles. The Kier molecular flexibility index (Phi) is 8.94. The van der Waals surface area contributed by atoms with Crippen LogP contribution in [0.25, 0.3) is 89.8 Å². The zero-order chi connectivity index (χ0) is 36.1. The third-order valence-corrected chi connectivity index (χ3v) is 9.77. The highest BCUT2D eigenvalue weighted by molar-refractivity contribution is 5.94. The summed E-state index contributed by atoms with van der Waals surface area (Å²) in [6, 6.07) is 74.0. The molecule has 1 heterocycles. The van der Waals surface area contributed by atoms with Crippen LogP contribution in [-0.2, 0) is 0 Å². The lowest BCUT2D eigenvalue weighted by Crippen LogP contribution is -2.03. The summed E-state index contributed by atoms with van der Waals surface area (Å²) in [4.78, 5) is 16.0. The highest BCUT2D eigenvalue weighted by Gasteiger charge is 2.21. The lowest BCUT2D eigenvalue weighted by molar-refractivity contribution is 1.07. The van der Waals surface area contributed by atoms with Crippen molar-refractivity contribution in [2.24, 2.45) is 0 Å². The molecule has 3 nitrogen and oxygen atoms in total. The van der Waals surface area contributed by atoms with Gasteiger partial charge in [-0.2, -0.15) is 0 Å². The van der Waals surface area contributed by atoms with Crippen molar-refractivity contribution in [3.63, 3.8) is 0 Å². The Morgan fingerprint density at radius 2 is 0.611 bits per heavy atom. The van der Waals surface area contributed by atoms with E-state index in [-0.39, 0.29) is 0 Å². The van der Waals surface area contributed by atoms with Gasteiger partial charge in [0.25, 0.3) is 0 Å². The fourth-order valence-electron chi connectivity index (χ4n) is 7.13. The molecule has 0 spiro atoms. The first-order chi connectivity index (χ1) is 26.8. The fourth-order valence-corrected chi connectivity index (χ4v) is 7.13. The summed E-state index contributed by atoms with van der Waals surface area (Å²) in [5, 5.41) is 0. The Morgan fingerprint density at radius 3 is 1.20 bits per heavy atom. The lowest BCUT2D eigenvalue weighted by Gasteiger charge is -2.17. The summed E-state index contributed by atoms with van der Waals surface area (Å²) >= 11 is 0. The summed E-state index contributed by atoms with van der Waals surface area (Å²) < 4.78 is 0. The Balaban J connectivity index is 1.31. The molecule has 8 aromatic carbocycles. The standard InChI is InChI=1S/C51H35N3/c1-6-18-36(19-7-1)41-28-16-29-43(34-41)49-52-50(45-33-32-42(37-20-8-2-9-21-37)35-47(45)39-24-12-4-13-25-39)54-51(53-49)46-31-17-30-44(38-22-10-3-11-23-38)48(46)40-26-14-5-15-27-40/h1-35H. The normalized spacial score (nSPS) is 11.0. The fraction of sp³-hybridized carbons (Fsp3) is 0. The van der Waals surface area contributed by atoms with E-state index in [1.165, 1.54) is 0 Å². The molecule has 0 aliphatic heterocycles. The number of hydrogen-bond donors (Lipinski definition) is 0. The van der Waals surface area contributed by atoms with E-state index in [1.54, 1.807) is 0 Å². The summed E-state index contributed by atoms with van der Waals surface area (Å²) in [5.41, 5.74) is 13.9. The first kappa shape index (κ1) is 32.7. The number of benzene rings is 8.